The molecule has 0 spiro atoms. The summed E-state index contributed by atoms with van der Waals surface area (Å²) in [5, 5.41) is 3.32. The first-order chi connectivity index (χ1) is 14.1. The van der Waals surface area contributed by atoms with Crippen molar-refractivity contribution in [3.05, 3.63) is 29.8 Å². The Morgan fingerprint density at radius 2 is 1.97 bits per heavy atom. The molecule has 31 heavy (non-hydrogen) atoms. The Labute approximate surface area is 203 Å². The fraction of sp³-hybridized carbons (Fsp3) is 0.619. The molecule has 1 aliphatic heterocycles. The zero-order valence-electron chi connectivity index (χ0n) is 18.9. The molecule has 1 fully saturated rings. The Kier molecular flexibility index (Phi) is 11.2. The second kappa shape index (κ2) is 12.6. The van der Waals surface area contributed by atoms with E-state index < -0.39 is 10.0 Å². The molecule has 1 atom stereocenters. The maximum atomic E-state index is 12.6. The van der Waals surface area contributed by atoms with Crippen LogP contribution < -0.4 is 11.1 Å². The predicted molar refractivity (Wildman–Crippen MR) is 135 cm³/mol. The number of sulfonamides is 1. The van der Waals surface area contributed by atoms with Crippen molar-refractivity contribution in [2.75, 3.05) is 26.7 Å². The van der Waals surface area contributed by atoms with Gasteiger partial charge in [-0.1, -0.05) is 12.1 Å². The maximum absolute atomic E-state index is 12.6. The van der Waals surface area contributed by atoms with E-state index in [1.54, 1.807) is 31.3 Å². The minimum Gasteiger partial charge on any atom is -0.370 e. The smallest absolute Gasteiger partial charge is 0.243 e. The quantitative estimate of drug-likeness (QED) is 0.286. The van der Waals surface area contributed by atoms with Crippen LogP contribution in [0.4, 0.5) is 0 Å². The van der Waals surface area contributed by atoms with Gasteiger partial charge in [0.15, 0.2) is 5.96 Å². The van der Waals surface area contributed by atoms with Gasteiger partial charge in [0.1, 0.15) is 0 Å². The third-order valence-electron chi connectivity index (χ3n) is 5.38. The van der Waals surface area contributed by atoms with Crippen LogP contribution >= 0.6 is 24.0 Å². The highest BCUT2D eigenvalue weighted by atomic mass is 127. The summed E-state index contributed by atoms with van der Waals surface area (Å²) in [6.45, 7) is 8.54. The topological polar surface area (TPSA) is 108 Å². The molecule has 3 N–H and O–H groups in total. The highest BCUT2D eigenvalue weighted by molar-refractivity contribution is 14.0. The SMILES string of the molecule is CCNC(=NCc1ccc(S(=O)(=O)N(C)C(C)C)cc1)N1CCCC(CC(N)=O)C1.I. The molecule has 1 heterocycles. The predicted octanol–water partition coefficient (Wildman–Crippen LogP) is 2.39. The van der Waals surface area contributed by atoms with E-state index in [1.165, 1.54) is 4.31 Å². The molecule has 1 saturated heterocycles. The number of hydrogen-bond acceptors (Lipinski definition) is 4. The molecule has 0 bridgehead atoms. The van der Waals surface area contributed by atoms with E-state index in [-0.39, 0.29) is 46.7 Å². The number of carbonyl (C=O) groups is 1. The van der Waals surface area contributed by atoms with Crippen LogP contribution in [0.5, 0.6) is 0 Å². The van der Waals surface area contributed by atoms with Crippen LogP contribution in [0.15, 0.2) is 34.2 Å². The lowest BCUT2D eigenvalue weighted by molar-refractivity contribution is -0.119. The first-order valence-corrected chi connectivity index (χ1v) is 12.0. The van der Waals surface area contributed by atoms with E-state index >= 15 is 0 Å². The van der Waals surface area contributed by atoms with E-state index in [2.05, 4.69) is 10.2 Å². The number of likely N-dealkylation sites (tertiary alicyclic amines) is 1. The number of piperidine rings is 1. The van der Waals surface area contributed by atoms with E-state index in [9.17, 15) is 13.2 Å². The van der Waals surface area contributed by atoms with Crippen molar-refractivity contribution in [2.24, 2.45) is 16.6 Å². The molecule has 1 unspecified atom stereocenters. The van der Waals surface area contributed by atoms with Gasteiger partial charge in [0.2, 0.25) is 15.9 Å². The van der Waals surface area contributed by atoms with Gasteiger partial charge in [-0.2, -0.15) is 4.31 Å². The summed E-state index contributed by atoms with van der Waals surface area (Å²) in [6.07, 6.45) is 2.40. The van der Waals surface area contributed by atoms with Crippen molar-refractivity contribution in [3.8, 4) is 0 Å². The largest absolute Gasteiger partial charge is 0.370 e. The lowest BCUT2D eigenvalue weighted by Gasteiger charge is -2.34. The van der Waals surface area contributed by atoms with Gasteiger partial charge in [0.05, 0.1) is 11.4 Å². The highest BCUT2D eigenvalue weighted by Crippen LogP contribution is 2.20. The van der Waals surface area contributed by atoms with Crippen LogP contribution in [0.25, 0.3) is 0 Å². The first kappa shape index (κ1) is 27.6. The molecule has 0 aliphatic carbocycles. The summed E-state index contributed by atoms with van der Waals surface area (Å²) < 4.78 is 26.6. The van der Waals surface area contributed by atoms with Gasteiger partial charge in [-0.3, -0.25) is 4.79 Å². The molecule has 8 nitrogen and oxygen atoms in total. The average molecular weight is 566 g/mol. The molecule has 1 aliphatic rings. The molecule has 1 aromatic rings. The number of aliphatic imine (C=N–C) groups is 1. The Hall–Kier alpha value is -1.40. The van der Waals surface area contributed by atoms with E-state index in [0.717, 1.165) is 44.0 Å². The summed E-state index contributed by atoms with van der Waals surface area (Å²) in [7, 11) is -1.90. The average Bonchev–Trinajstić information content (AvgIpc) is 2.70. The summed E-state index contributed by atoms with van der Waals surface area (Å²) in [5.41, 5.74) is 6.30. The van der Waals surface area contributed by atoms with E-state index in [0.29, 0.717) is 13.0 Å². The van der Waals surface area contributed by atoms with Gasteiger partial charge in [-0.05, 0) is 57.2 Å². The highest BCUT2D eigenvalue weighted by Gasteiger charge is 2.24. The molecule has 10 heteroatoms. The molecule has 1 aromatic carbocycles. The number of carbonyl (C=O) groups excluding carboxylic acids is 1. The summed E-state index contributed by atoms with van der Waals surface area (Å²) in [6, 6.07) is 6.77. The fourth-order valence-electron chi connectivity index (χ4n) is 3.51. The maximum Gasteiger partial charge on any atom is 0.243 e. The Bertz CT molecular complexity index is 843. The summed E-state index contributed by atoms with van der Waals surface area (Å²) >= 11 is 0. The molecule has 176 valence electrons. The number of benzene rings is 1. The third-order valence-corrected chi connectivity index (χ3v) is 7.43. The molecular weight excluding hydrogens is 529 g/mol. The lowest BCUT2D eigenvalue weighted by Crippen LogP contribution is -2.47. The number of amides is 1. The number of nitrogens with one attached hydrogen (secondary N) is 1. The lowest BCUT2D eigenvalue weighted by atomic mass is 9.95. The second-order valence-electron chi connectivity index (χ2n) is 8.05. The number of hydrogen-bond donors (Lipinski definition) is 2. The zero-order chi connectivity index (χ0) is 22.3. The zero-order valence-corrected chi connectivity index (χ0v) is 22.0. The van der Waals surface area contributed by atoms with Crippen molar-refractivity contribution in [3.63, 3.8) is 0 Å². The monoisotopic (exact) mass is 565 g/mol. The summed E-state index contributed by atoms with van der Waals surface area (Å²) in [5.74, 6) is 0.799. The number of nitrogens with zero attached hydrogens (tertiary/aromatic N) is 3. The first-order valence-electron chi connectivity index (χ1n) is 10.5. The normalized spacial score (nSPS) is 17.5. The second-order valence-corrected chi connectivity index (χ2v) is 10.1. The fourth-order valence-corrected chi connectivity index (χ4v) is 4.88. The minimum absolute atomic E-state index is 0. The van der Waals surface area contributed by atoms with Crippen LogP contribution in [0, 0.1) is 5.92 Å². The van der Waals surface area contributed by atoms with Crippen molar-refractivity contribution in [2.45, 2.75) is 57.5 Å². The van der Waals surface area contributed by atoms with Gasteiger partial charge in [0, 0.05) is 39.1 Å². The van der Waals surface area contributed by atoms with Crippen molar-refractivity contribution in [1.82, 2.24) is 14.5 Å². The Morgan fingerprint density at radius 3 is 2.52 bits per heavy atom. The van der Waals surface area contributed by atoms with Gasteiger partial charge < -0.3 is 16.0 Å². The van der Waals surface area contributed by atoms with Gasteiger partial charge in [0.25, 0.3) is 0 Å². The van der Waals surface area contributed by atoms with Crippen LogP contribution in [-0.4, -0.2) is 62.2 Å². The van der Waals surface area contributed by atoms with Gasteiger partial charge in [-0.15, -0.1) is 24.0 Å². The summed E-state index contributed by atoms with van der Waals surface area (Å²) in [4.78, 5) is 18.5. The third kappa shape index (κ3) is 7.90. The van der Waals surface area contributed by atoms with Crippen LogP contribution in [0.2, 0.25) is 0 Å². The number of primary amides is 1. The number of nitrogens with two attached hydrogens (primary N) is 1. The number of rotatable bonds is 8. The Balaban J connectivity index is 0.00000480. The molecular formula is C21H36IN5O3S. The Morgan fingerprint density at radius 1 is 1.32 bits per heavy atom. The van der Waals surface area contributed by atoms with Gasteiger partial charge >= 0.3 is 0 Å². The van der Waals surface area contributed by atoms with Crippen LogP contribution in [0.3, 0.4) is 0 Å². The molecule has 2 rings (SSSR count). The number of halogens is 1. The van der Waals surface area contributed by atoms with Crippen LogP contribution in [0.1, 0.15) is 45.6 Å². The van der Waals surface area contributed by atoms with Crippen molar-refractivity contribution < 1.29 is 13.2 Å². The van der Waals surface area contributed by atoms with Gasteiger partial charge in [-0.25, -0.2) is 13.4 Å². The molecule has 0 saturated carbocycles. The van der Waals surface area contributed by atoms with E-state index in [1.807, 2.05) is 20.8 Å². The van der Waals surface area contributed by atoms with Crippen molar-refractivity contribution in [1.29, 1.82) is 0 Å². The minimum atomic E-state index is -3.49. The van der Waals surface area contributed by atoms with Crippen LogP contribution in [-0.2, 0) is 21.4 Å². The molecule has 0 radical (unpaired) electrons. The van der Waals surface area contributed by atoms with E-state index in [4.69, 9.17) is 10.7 Å². The molecule has 1 amide bonds. The number of guanidine groups is 1. The van der Waals surface area contributed by atoms with Crippen molar-refractivity contribution >= 4 is 45.9 Å². The molecule has 0 aromatic heterocycles. The standard InChI is InChI=1S/C21H35N5O3S.HI/c1-5-23-21(26-12-6-7-18(15-26)13-20(22)27)24-14-17-8-10-19(11-9-17)30(28,29)25(4)16(2)3;/h8-11,16,18H,5-7,12-15H2,1-4H3,(H2,22,27)(H,23,24);1H.